The van der Waals surface area contributed by atoms with Crippen molar-refractivity contribution in [3.05, 3.63) is 114 Å². The van der Waals surface area contributed by atoms with Crippen molar-refractivity contribution in [2.75, 3.05) is 4.90 Å². The molecule has 1 heteroatoms. The van der Waals surface area contributed by atoms with E-state index >= 15 is 0 Å². The monoisotopic (exact) mass is 363 g/mol. The minimum Gasteiger partial charge on any atom is -0.310 e. The Morgan fingerprint density at radius 2 is 1.75 bits per heavy atom. The molecule has 3 aromatic rings. The first-order valence-electron chi connectivity index (χ1n) is 9.84. The van der Waals surface area contributed by atoms with E-state index < -0.39 is 0 Å². The average Bonchev–Trinajstić information content (AvgIpc) is 2.74. The molecule has 0 atom stereocenters. The van der Waals surface area contributed by atoms with Crippen LogP contribution < -0.4 is 4.90 Å². The minimum absolute atomic E-state index is 1.09. The van der Waals surface area contributed by atoms with Gasteiger partial charge in [-0.1, -0.05) is 67.3 Å². The maximum absolute atomic E-state index is 3.92. The second-order valence-electron chi connectivity index (χ2n) is 7.02. The third kappa shape index (κ3) is 3.57. The molecule has 0 radical (unpaired) electrons. The number of aryl methyl sites for hydroxylation is 1. The highest BCUT2D eigenvalue weighted by Crippen LogP contribution is 2.35. The number of allylic oxidation sites excluding steroid dienone is 5. The van der Waals surface area contributed by atoms with E-state index in [-0.39, 0.29) is 0 Å². The summed E-state index contributed by atoms with van der Waals surface area (Å²) in [4.78, 5) is 2.30. The van der Waals surface area contributed by atoms with E-state index in [1.807, 2.05) is 13.0 Å². The summed E-state index contributed by atoms with van der Waals surface area (Å²) in [5, 5.41) is 2.49. The van der Waals surface area contributed by atoms with Gasteiger partial charge in [0.2, 0.25) is 0 Å². The van der Waals surface area contributed by atoms with Crippen LogP contribution in [0, 0.1) is 0 Å². The van der Waals surface area contributed by atoms with Gasteiger partial charge >= 0.3 is 0 Å². The van der Waals surface area contributed by atoms with Gasteiger partial charge in [0.1, 0.15) is 0 Å². The van der Waals surface area contributed by atoms with Gasteiger partial charge in [-0.25, -0.2) is 0 Å². The summed E-state index contributed by atoms with van der Waals surface area (Å²) in [6.45, 7) is 5.97. The Labute approximate surface area is 167 Å². The van der Waals surface area contributed by atoms with E-state index in [0.717, 1.165) is 29.9 Å². The zero-order valence-corrected chi connectivity index (χ0v) is 16.3. The van der Waals surface area contributed by atoms with Crippen LogP contribution in [-0.4, -0.2) is 0 Å². The Balaban J connectivity index is 1.89. The van der Waals surface area contributed by atoms with Gasteiger partial charge < -0.3 is 4.90 Å². The fraction of sp³-hybridized carbons (Fsp3) is 0.111. The van der Waals surface area contributed by atoms with Crippen molar-refractivity contribution in [1.29, 1.82) is 0 Å². The zero-order valence-electron chi connectivity index (χ0n) is 16.3. The number of hydrogen-bond acceptors (Lipinski definition) is 1. The molecule has 0 saturated heterocycles. The lowest BCUT2D eigenvalue weighted by Crippen LogP contribution is -2.15. The molecule has 138 valence electrons. The summed E-state index contributed by atoms with van der Waals surface area (Å²) in [6.07, 6.45) is 14.9. The number of rotatable bonds is 5. The van der Waals surface area contributed by atoms with Gasteiger partial charge in [-0.3, -0.25) is 0 Å². The third-order valence-corrected chi connectivity index (χ3v) is 5.14. The summed E-state index contributed by atoms with van der Waals surface area (Å²) in [6, 6.07) is 21.9. The first-order valence-corrected chi connectivity index (χ1v) is 9.84. The molecular formula is C27H25N. The second kappa shape index (κ2) is 8.14. The predicted octanol–water partition coefficient (Wildman–Crippen LogP) is 7.58. The van der Waals surface area contributed by atoms with Crippen LogP contribution in [0.4, 0.5) is 11.4 Å². The van der Waals surface area contributed by atoms with E-state index in [1.165, 1.54) is 21.9 Å². The maximum Gasteiger partial charge on any atom is 0.0468 e. The van der Waals surface area contributed by atoms with Crippen molar-refractivity contribution in [3.8, 4) is 0 Å². The molecule has 4 rings (SSSR count). The molecule has 0 fully saturated rings. The van der Waals surface area contributed by atoms with Crippen molar-refractivity contribution in [2.45, 2.75) is 19.8 Å². The molecule has 0 spiro atoms. The van der Waals surface area contributed by atoms with Crippen LogP contribution in [0.3, 0.4) is 0 Å². The Bertz CT molecular complexity index is 1100. The zero-order chi connectivity index (χ0) is 19.3. The number of fused-ring (bicyclic) bond motifs is 2. The quantitative estimate of drug-likeness (QED) is 0.422. The molecule has 1 nitrogen and oxygen atoms in total. The first-order chi connectivity index (χ1) is 13.8. The minimum atomic E-state index is 1.09. The first kappa shape index (κ1) is 18.1. The molecule has 1 aliphatic rings. The molecule has 0 N–H and O–H groups in total. The van der Waals surface area contributed by atoms with Crippen LogP contribution in [0.25, 0.3) is 16.8 Å². The van der Waals surface area contributed by atoms with Crippen molar-refractivity contribution in [1.82, 2.24) is 0 Å². The molecule has 3 aromatic carbocycles. The molecule has 0 saturated carbocycles. The number of nitrogens with zero attached hydrogens (tertiary/aromatic N) is 1. The van der Waals surface area contributed by atoms with Gasteiger partial charge in [0.25, 0.3) is 0 Å². The highest BCUT2D eigenvalue weighted by molar-refractivity contribution is 5.88. The molecule has 28 heavy (non-hydrogen) atoms. The third-order valence-electron chi connectivity index (χ3n) is 5.14. The molecule has 0 amide bonds. The second-order valence-corrected chi connectivity index (χ2v) is 7.02. The lowest BCUT2D eigenvalue weighted by atomic mass is 9.96. The van der Waals surface area contributed by atoms with Gasteiger partial charge in [0.15, 0.2) is 0 Å². The van der Waals surface area contributed by atoms with Crippen LogP contribution in [0.5, 0.6) is 0 Å². The molecule has 0 unspecified atom stereocenters. The Morgan fingerprint density at radius 1 is 0.964 bits per heavy atom. The standard InChI is InChI=1S/C27H25N/c1-3-9-25(10-4-2)28(26-17-15-21-11-5-7-13-23(21)19-26)27-18-16-22-12-6-8-14-24(22)20-27/h3-5,7-11,13-20H,1,6,12H2,2H3/b10-4-,25-9+. The fourth-order valence-electron chi connectivity index (χ4n) is 3.81. The van der Waals surface area contributed by atoms with Gasteiger partial charge in [0.05, 0.1) is 0 Å². The van der Waals surface area contributed by atoms with Crippen molar-refractivity contribution in [2.24, 2.45) is 0 Å². The van der Waals surface area contributed by atoms with E-state index in [2.05, 4.69) is 103 Å². The normalized spacial score (nSPS) is 13.7. The number of anilines is 2. The van der Waals surface area contributed by atoms with Gasteiger partial charge in [-0.2, -0.15) is 0 Å². The SMILES string of the molecule is C=C/C=C(\C=C/C)N(c1ccc2c(c1)C=CCC2)c1ccc2ccccc2c1. The van der Waals surface area contributed by atoms with E-state index in [4.69, 9.17) is 0 Å². The van der Waals surface area contributed by atoms with E-state index in [9.17, 15) is 0 Å². The van der Waals surface area contributed by atoms with Crippen LogP contribution in [0.15, 0.2) is 103 Å². The number of hydrogen-bond donors (Lipinski definition) is 0. The van der Waals surface area contributed by atoms with Crippen molar-refractivity contribution >= 4 is 28.2 Å². The van der Waals surface area contributed by atoms with E-state index in [0.29, 0.717) is 0 Å². The van der Waals surface area contributed by atoms with Crippen LogP contribution >= 0.6 is 0 Å². The average molecular weight is 364 g/mol. The van der Waals surface area contributed by atoms with E-state index in [1.54, 1.807) is 0 Å². The molecular weight excluding hydrogens is 338 g/mol. The lowest BCUT2D eigenvalue weighted by Gasteiger charge is -2.28. The highest BCUT2D eigenvalue weighted by Gasteiger charge is 2.15. The van der Waals surface area contributed by atoms with Gasteiger partial charge in [0, 0.05) is 17.1 Å². The predicted molar refractivity (Wildman–Crippen MR) is 123 cm³/mol. The van der Waals surface area contributed by atoms with Gasteiger partial charge in [-0.15, -0.1) is 0 Å². The lowest BCUT2D eigenvalue weighted by molar-refractivity contribution is 0.984. The molecule has 0 aromatic heterocycles. The fourth-order valence-corrected chi connectivity index (χ4v) is 3.81. The van der Waals surface area contributed by atoms with Crippen LogP contribution in [0.1, 0.15) is 24.5 Å². The van der Waals surface area contributed by atoms with Crippen molar-refractivity contribution in [3.63, 3.8) is 0 Å². The topological polar surface area (TPSA) is 3.24 Å². The number of benzene rings is 3. The largest absolute Gasteiger partial charge is 0.310 e. The maximum atomic E-state index is 3.92. The summed E-state index contributed by atoms with van der Waals surface area (Å²) in [7, 11) is 0. The highest BCUT2D eigenvalue weighted by atomic mass is 15.1. The molecule has 0 bridgehead atoms. The van der Waals surface area contributed by atoms with Gasteiger partial charge in [-0.05, 0) is 78.1 Å². The molecule has 1 aliphatic carbocycles. The Kier molecular flexibility index (Phi) is 5.25. The summed E-state index contributed by atoms with van der Waals surface area (Å²) in [5.41, 5.74) is 6.13. The van der Waals surface area contributed by atoms with Crippen LogP contribution in [-0.2, 0) is 6.42 Å². The Morgan fingerprint density at radius 3 is 2.57 bits per heavy atom. The molecule has 0 aliphatic heterocycles. The smallest absolute Gasteiger partial charge is 0.0468 e. The Hall–Kier alpha value is -3.32. The molecule has 0 heterocycles. The summed E-state index contributed by atoms with van der Waals surface area (Å²) in [5.74, 6) is 0. The summed E-state index contributed by atoms with van der Waals surface area (Å²) < 4.78 is 0. The van der Waals surface area contributed by atoms with Crippen molar-refractivity contribution < 1.29 is 0 Å². The van der Waals surface area contributed by atoms with Crippen LogP contribution in [0.2, 0.25) is 0 Å². The summed E-state index contributed by atoms with van der Waals surface area (Å²) >= 11 is 0.